The molecule has 0 fully saturated rings. The first-order valence-corrected chi connectivity index (χ1v) is 7.31. The monoisotopic (exact) mass is 334 g/mol. The Labute approximate surface area is 127 Å². The molecular formula is C11H14N2O6S2. The van der Waals surface area contributed by atoms with Gasteiger partial charge >= 0.3 is 10.3 Å². The zero-order valence-electron chi connectivity index (χ0n) is 11.3. The van der Waals surface area contributed by atoms with Crippen LogP contribution in [0.2, 0.25) is 0 Å². The normalized spacial score (nSPS) is 12.0. The molecule has 1 N–H and O–H groups in total. The van der Waals surface area contributed by atoms with E-state index in [0.717, 1.165) is 7.11 Å². The second-order valence-electron chi connectivity index (χ2n) is 3.61. The fourth-order valence-electron chi connectivity index (χ4n) is 1.45. The smallest absolute Gasteiger partial charge is 0.362 e. The average molecular weight is 334 g/mol. The number of thiol groups is 1. The maximum Gasteiger partial charge on any atom is 0.362 e. The summed E-state index contributed by atoms with van der Waals surface area (Å²) in [4.78, 5) is 16.6. The molecule has 0 atom stereocenters. The Bertz CT molecular complexity index is 629. The van der Waals surface area contributed by atoms with Crippen molar-refractivity contribution in [2.75, 3.05) is 14.2 Å². The Kier molecular flexibility index (Phi) is 6.62. The van der Waals surface area contributed by atoms with Gasteiger partial charge in [0.1, 0.15) is 7.11 Å². The van der Waals surface area contributed by atoms with Crippen LogP contribution in [-0.4, -0.2) is 34.3 Å². The number of benzene rings is 1. The Hall–Kier alpha value is -1.62. The minimum Gasteiger partial charge on any atom is -0.398 e. The Balaban J connectivity index is 3.20. The van der Waals surface area contributed by atoms with Gasteiger partial charge in [-0.1, -0.05) is 29.4 Å². The molecule has 21 heavy (non-hydrogen) atoms. The molecule has 0 saturated carbocycles. The number of rotatable bonds is 7. The van der Waals surface area contributed by atoms with E-state index in [1.165, 1.54) is 7.11 Å². The maximum atomic E-state index is 12.0. The second kappa shape index (κ2) is 7.98. The quantitative estimate of drug-likeness (QED) is 0.324. The van der Waals surface area contributed by atoms with Crippen LogP contribution in [0.3, 0.4) is 0 Å². The first-order chi connectivity index (χ1) is 9.95. The van der Waals surface area contributed by atoms with Gasteiger partial charge in [0.05, 0.1) is 13.7 Å². The highest BCUT2D eigenvalue weighted by Gasteiger charge is 2.23. The number of carbonyl (C=O) groups is 1. The fraction of sp³-hybridized carbons (Fsp3) is 0.273. The molecule has 1 aromatic rings. The third kappa shape index (κ3) is 5.01. The van der Waals surface area contributed by atoms with E-state index in [1.54, 1.807) is 29.0 Å². The maximum absolute atomic E-state index is 12.0. The van der Waals surface area contributed by atoms with Crippen molar-refractivity contribution in [3.63, 3.8) is 0 Å². The van der Waals surface area contributed by atoms with Gasteiger partial charge in [0.15, 0.2) is 5.71 Å². The molecule has 0 aromatic heterocycles. The number of hydrogen-bond donors (Lipinski definition) is 2. The summed E-state index contributed by atoms with van der Waals surface area (Å²) in [5.74, 6) is -0.995. The molecule has 10 heteroatoms. The van der Waals surface area contributed by atoms with E-state index in [-0.39, 0.29) is 12.3 Å². The van der Waals surface area contributed by atoms with Crippen LogP contribution < -0.4 is 4.72 Å². The minimum absolute atomic E-state index is 0.0896. The molecule has 1 amide bonds. The van der Waals surface area contributed by atoms with E-state index in [9.17, 15) is 13.2 Å². The number of amides is 1. The van der Waals surface area contributed by atoms with Gasteiger partial charge in [0.2, 0.25) is 0 Å². The van der Waals surface area contributed by atoms with Gasteiger partial charge < -0.3 is 9.02 Å². The van der Waals surface area contributed by atoms with Gasteiger partial charge in [-0.15, -0.1) is 0 Å². The molecule has 0 heterocycles. The van der Waals surface area contributed by atoms with E-state index < -0.39 is 16.2 Å². The first kappa shape index (κ1) is 17.4. The third-order valence-electron chi connectivity index (χ3n) is 2.33. The number of oxime groups is 1. The van der Waals surface area contributed by atoms with Crippen molar-refractivity contribution >= 4 is 34.8 Å². The Morgan fingerprint density at radius 2 is 2.00 bits per heavy atom. The molecule has 8 nitrogen and oxygen atoms in total. The van der Waals surface area contributed by atoms with Gasteiger partial charge in [-0.25, -0.2) is 4.72 Å². The van der Waals surface area contributed by atoms with Crippen LogP contribution >= 0.6 is 12.9 Å². The van der Waals surface area contributed by atoms with Crippen LogP contribution in [0, 0.1) is 0 Å². The summed E-state index contributed by atoms with van der Waals surface area (Å²) in [7, 11) is -2.04. The topological polar surface area (TPSA) is 103 Å². The van der Waals surface area contributed by atoms with Crippen molar-refractivity contribution in [2.45, 2.75) is 6.61 Å². The van der Waals surface area contributed by atoms with Crippen molar-refractivity contribution in [3.05, 3.63) is 35.4 Å². The van der Waals surface area contributed by atoms with E-state index in [0.29, 0.717) is 11.1 Å². The Morgan fingerprint density at radius 1 is 1.33 bits per heavy atom. The van der Waals surface area contributed by atoms with Gasteiger partial charge in [-0.2, -0.15) is 8.42 Å². The number of nitrogens with one attached hydrogen (secondary N) is 1. The highest BCUT2D eigenvalue weighted by Crippen LogP contribution is 2.13. The zero-order valence-corrected chi connectivity index (χ0v) is 13.0. The highest BCUT2D eigenvalue weighted by atomic mass is 32.2. The predicted molar refractivity (Wildman–Crippen MR) is 77.8 cm³/mol. The minimum atomic E-state index is -4.20. The number of hydrogen-bond acceptors (Lipinski definition) is 8. The summed E-state index contributed by atoms with van der Waals surface area (Å²) in [6.45, 7) is 0.0896. The van der Waals surface area contributed by atoms with Gasteiger partial charge in [-0.3, -0.25) is 8.98 Å². The number of nitrogens with zero attached hydrogens (tertiary/aromatic N) is 1. The molecule has 0 radical (unpaired) electrons. The lowest BCUT2D eigenvalue weighted by atomic mass is 10.0. The fourth-order valence-corrected chi connectivity index (χ4v) is 2.00. The number of carbonyl (C=O) groups excluding carboxylic acids is 1. The van der Waals surface area contributed by atoms with E-state index in [2.05, 4.69) is 27.1 Å². The lowest BCUT2D eigenvalue weighted by Gasteiger charge is -2.10. The second-order valence-corrected chi connectivity index (χ2v) is 5.31. The van der Waals surface area contributed by atoms with Crippen LogP contribution in [0.25, 0.3) is 0 Å². The van der Waals surface area contributed by atoms with Crippen LogP contribution in [-0.2, 0) is 34.9 Å². The predicted octanol–water partition coefficient (Wildman–Crippen LogP) is 0.406. The lowest BCUT2D eigenvalue weighted by Crippen LogP contribution is -2.37. The summed E-state index contributed by atoms with van der Waals surface area (Å²) < 4.78 is 33.1. The molecule has 0 unspecified atom stereocenters. The molecule has 0 aliphatic carbocycles. The van der Waals surface area contributed by atoms with Crippen LogP contribution in [0.4, 0.5) is 0 Å². The van der Waals surface area contributed by atoms with E-state index >= 15 is 0 Å². The summed E-state index contributed by atoms with van der Waals surface area (Å²) in [6.07, 6.45) is 0. The van der Waals surface area contributed by atoms with E-state index in [4.69, 9.17) is 4.18 Å². The third-order valence-corrected chi connectivity index (χ3v) is 3.33. The molecular weight excluding hydrogens is 320 g/mol. The molecule has 1 rings (SSSR count). The molecule has 0 aliphatic rings. The highest BCUT2D eigenvalue weighted by molar-refractivity contribution is 7.85. The molecule has 0 bridgehead atoms. The lowest BCUT2D eigenvalue weighted by molar-refractivity contribution is -0.113. The van der Waals surface area contributed by atoms with Crippen LogP contribution in [0.1, 0.15) is 11.1 Å². The Morgan fingerprint density at radius 3 is 2.57 bits per heavy atom. The van der Waals surface area contributed by atoms with Gasteiger partial charge in [0, 0.05) is 5.56 Å². The SMILES string of the molecule is CO/N=C(/C(=O)NS(=O)(=O)OC)c1ccccc1COS. The molecule has 116 valence electrons. The van der Waals surface area contributed by atoms with Crippen LogP contribution in [0.5, 0.6) is 0 Å². The van der Waals surface area contributed by atoms with E-state index in [1.807, 2.05) is 0 Å². The van der Waals surface area contributed by atoms with Gasteiger partial charge in [0.25, 0.3) is 5.91 Å². The zero-order chi connectivity index (χ0) is 15.9. The summed E-state index contributed by atoms with van der Waals surface area (Å²) in [5, 5.41) is 3.56. The summed E-state index contributed by atoms with van der Waals surface area (Å²) in [6, 6.07) is 6.62. The van der Waals surface area contributed by atoms with Crippen molar-refractivity contribution in [1.82, 2.24) is 4.72 Å². The molecule has 0 aliphatic heterocycles. The van der Waals surface area contributed by atoms with Crippen molar-refractivity contribution in [1.29, 1.82) is 0 Å². The first-order valence-electron chi connectivity index (χ1n) is 5.53. The molecule has 0 saturated heterocycles. The largest absolute Gasteiger partial charge is 0.398 e. The van der Waals surface area contributed by atoms with Crippen molar-refractivity contribution in [3.8, 4) is 0 Å². The van der Waals surface area contributed by atoms with Crippen molar-refractivity contribution in [2.24, 2.45) is 5.16 Å². The summed E-state index contributed by atoms with van der Waals surface area (Å²) >= 11 is 3.65. The van der Waals surface area contributed by atoms with Crippen molar-refractivity contribution < 1.29 is 26.4 Å². The molecule has 1 aromatic carbocycles. The molecule has 0 spiro atoms. The average Bonchev–Trinajstić information content (AvgIpc) is 2.45. The van der Waals surface area contributed by atoms with Crippen LogP contribution in [0.15, 0.2) is 29.4 Å². The summed E-state index contributed by atoms with van der Waals surface area (Å²) in [5.41, 5.74) is 0.685. The van der Waals surface area contributed by atoms with Gasteiger partial charge in [-0.05, 0) is 18.5 Å². The standard InChI is InChI=1S/C11H14N2O6S2/c1-17-12-10(11(14)13-21(15,16)18-2)9-6-4-3-5-8(9)7-19-20/h3-6,20H,7H2,1-2H3,(H,13,14)/b12-10+.